The molecule has 3 N–H and O–H groups in total. The number of hydrogen-bond donors (Lipinski definition) is 2. The highest BCUT2D eigenvalue weighted by Gasteiger charge is 2.13. The van der Waals surface area contributed by atoms with Crippen LogP contribution in [0, 0.1) is 0 Å². The smallest absolute Gasteiger partial charge is 0.300 e. The Kier molecular flexibility index (Phi) is 4.75. The van der Waals surface area contributed by atoms with Crippen molar-refractivity contribution >= 4 is 17.7 Å². The molecule has 1 aromatic heterocycles. The molecule has 2 rings (SSSR count). The van der Waals surface area contributed by atoms with Gasteiger partial charge < -0.3 is 4.42 Å². The van der Waals surface area contributed by atoms with Gasteiger partial charge in [0.25, 0.3) is 0 Å². The number of nitrogen functional groups attached to an aromatic ring is 1. The third-order valence-electron chi connectivity index (χ3n) is 3.12. The van der Waals surface area contributed by atoms with E-state index in [1.807, 2.05) is 5.43 Å². The summed E-state index contributed by atoms with van der Waals surface area (Å²) in [5.74, 6) is 6.30. The Morgan fingerprint density at radius 2 is 1.86 bits per heavy atom. The Morgan fingerprint density at radius 1 is 1.19 bits per heavy atom. The second-order valence-electron chi connectivity index (χ2n) is 5.80. The minimum Gasteiger partial charge on any atom is -0.455 e. The van der Waals surface area contributed by atoms with Crippen LogP contribution in [0.5, 0.6) is 0 Å². The highest BCUT2D eigenvalue weighted by atomic mass is 32.2. The second-order valence-corrected chi connectivity index (χ2v) is 6.85. The summed E-state index contributed by atoms with van der Waals surface area (Å²) in [5, 5.41) is 0. The van der Waals surface area contributed by atoms with E-state index in [0.29, 0.717) is 5.75 Å². The third kappa shape index (κ3) is 4.12. The van der Waals surface area contributed by atoms with Gasteiger partial charge in [0.15, 0.2) is 5.76 Å². The molecule has 0 saturated carbocycles. The molecule has 2 aromatic rings. The molecule has 4 nitrogen and oxygen atoms in total. The number of hydrogen-bond acceptors (Lipinski definition) is 4. The van der Waals surface area contributed by atoms with Crippen molar-refractivity contribution in [3.8, 4) is 0 Å². The van der Waals surface area contributed by atoms with Crippen LogP contribution in [0.25, 0.3) is 0 Å². The van der Waals surface area contributed by atoms with Crippen LogP contribution in [0.1, 0.15) is 42.6 Å². The third-order valence-corrected chi connectivity index (χ3v) is 4.15. The fourth-order valence-electron chi connectivity index (χ4n) is 1.85. The number of carbonyl (C=O) groups excluding carboxylic acids is 1. The summed E-state index contributed by atoms with van der Waals surface area (Å²) in [4.78, 5) is 12.5. The highest BCUT2D eigenvalue weighted by molar-refractivity contribution is 7.98. The van der Waals surface area contributed by atoms with Crippen LogP contribution >= 0.6 is 11.8 Å². The van der Waals surface area contributed by atoms with Crippen LogP contribution in [-0.2, 0) is 11.2 Å². The Morgan fingerprint density at radius 3 is 2.43 bits per heavy atom. The fourth-order valence-corrected chi connectivity index (χ4v) is 2.65. The van der Waals surface area contributed by atoms with Gasteiger partial charge in [-0.1, -0.05) is 32.9 Å². The van der Waals surface area contributed by atoms with Crippen LogP contribution in [0.15, 0.2) is 45.7 Å². The zero-order chi connectivity index (χ0) is 15.5. The molecule has 21 heavy (non-hydrogen) atoms. The predicted molar refractivity (Wildman–Crippen MR) is 85.1 cm³/mol. The molecule has 0 radical (unpaired) electrons. The molecule has 0 bridgehead atoms. The van der Waals surface area contributed by atoms with Crippen LogP contribution < -0.4 is 11.3 Å². The standard InChI is InChI=1S/C16H20N2O2S/c1-16(2,3)11-4-7-13(8-5-11)21-10-12-6-9-14(20-12)15(19)18-17/h4-9H,10,17H2,1-3H3,(H,18,19). The van der Waals surface area contributed by atoms with Crippen molar-refractivity contribution in [3.63, 3.8) is 0 Å². The SMILES string of the molecule is CC(C)(C)c1ccc(SCc2ccc(C(=O)NN)o2)cc1. The Bertz CT molecular complexity index is 612. The van der Waals surface area contributed by atoms with E-state index < -0.39 is 5.91 Å². The normalized spacial score (nSPS) is 11.4. The molecule has 1 amide bonds. The van der Waals surface area contributed by atoms with E-state index in [2.05, 4.69) is 45.0 Å². The number of rotatable bonds is 4. The predicted octanol–water partition coefficient (Wildman–Crippen LogP) is 3.47. The van der Waals surface area contributed by atoms with Gasteiger partial charge in [-0.05, 0) is 35.2 Å². The van der Waals surface area contributed by atoms with Gasteiger partial charge in [0.2, 0.25) is 0 Å². The Hall–Kier alpha value is -1.72. The first-order chi connectivity index (χ1) is 9.90. The van der Waals surface area contributed by atoms with Crippen molar-refractivity contribution in [1.29, 1.82) is 0 Å². The number of benzene rings is 1. The molecule has 0 atom stereocenters. The van der Waals surface area contributed by atoms with E-state index in [1.165, 1.54) is 10.5 Å². The van der Waals surface area contributed by atoms with Crippen molar-refractivity contribution in [2.24, 2.45) is 5.84 Å². The highest BCUT2D eigenvalue weighted by Crippen LogP contribution is 2.27. The molecule has 1 heterocycles. The van der Waals surface area contributed by atoms with Crippen molar-refractivity contribution in [1.82, 2.24) is 5.43 Å². The van der Waals surface area contributed by atoms with Crippen LogP contribution in [0.4, 0.5) is 0 Å². The Balaban J connectivity index is 1.97. The van der Waals surface area contributed by atoms with Gasteiger partial charge in [0.05, 0.1) is 5.75 Å². The maximum absolute atomic E-state index is 11.3. The summed E-state index contributed by atoms with van der Waals surface area (Å²) in [6, 6.07) is 11.9. The molecular weight excluding hydrogens is 284 g/mol. The van der Waals surface area contributed by atoms with Gasteiger partial charge >= 0.3 is 5.91 Å². The maximum Gasteiger partial charge on any atom is 0.300 e. The zero-order valence-corrected chi connectivity index (χ0v) is 13.3. The number of carbonyl (C=O) groups is 1. The van der Waals surface area contributed by atoms with Crippen molar-refractivity contribution < 1.29 is 9.21 Å². The number of furan rings is 1. The van der Waals surface area contributed by atoms with Gasteiger partial charge in [-0.15, -0.1) is 11.8 Å². The summed E-state index contributed by atoms with van der Waals surface area (Å²) < 4.78 is 5.42. The van der Waals surface area contributed by atoms with Crippen molar-refractivity contribution in [3.05, 3.63) is 53.5 Å². The summed E-state index contributed by atoms with van der Waals surface area (Å²) in [6.07, 6.45) is 0. The molecule has 0 aliphatic carbocycles. The average molecular weight is 304 g/mol. The lowest BCUT2D eigenvalue weighted by molar-refractivity contribution is 0.0924. The molecule has 0 aliphatic heterocycles. The lowest BCUT2D eigenvalue weighted by Crippen LogP contribution is -2.29. The zero-order valence-electron chi connectivity index (χ0n) is 12.5. The lowest BCUT2D eigenvalue weighted by Gasteiger charge is -2.18. The number of hydrazine groups is 1. The van der Waals surface area contributed by atoms with E-state index in [0.717, 1.165) is 5.76 Å². The number of nitrogens with one attached hydrogen (secondary N) is 1. The van der Waals surface area contributed by atoms with Crippen LogP contribution in [0.2, 0.25) is 0 Å². The minimum absolute atomic E-state index is 0.161. The van der Waals surface area contributed by atoms with Crippen LogP contribution in [-0.4, -0.2) is 5.91 Å². The summed E-state index contributed by atoms with van der Waals surface area (Å²) in [5.41, 5.74) is 3.52. The van der Waals surface area contributed by atoms with Gasteiger partial charge in [-0.25, -0.2) is 5.84 Å². The maximum atomic E-state index is 11.3. The van der Waals surface area contributed by atoms with Gasteiger partial charge in [0.1, 0.15) is 5.76 Å². The first-order valence-corrected chi connectivity index (χ1v) is 7.72. The van der Waals surface area contributed by atoms with Crippen molar-refractivity contribution in [2.45, 2.75) is 36.8 Å². The number of thioether (sulfide) groups is 1. The van der Waals surface area contributed by atoms with E-state index in [4.69, 9.17) is 10.3 Å². The van der Waals surface area contributed by atoms with Crippen molar-refractivity contribution in [2.75, 3.05) is 0 Å². The van der Waals surface area contributed by atoms with E-state index in [-0.39, 0.29) is 11.2 Å². The minimum atomic E-state index is -0.416. The van der Waals surface area contributed by atoms with Gasteiger partial charge in [-0.3, -0.25) is 10.2 Å². The van der Waals surface area contributed by atoms with Gasteiger partial charge in [-0.2, -0.15) is 0 Å². The first-order valence-electron chi connectivity index (χ1n) is 6.73. The molecule has 5 heteroatoms. The van der Waals surface area contributed by atoms with Crippen LogP contribution in [0.3, 0.4) is 0 Å². The molecule has 1 aromatic carbocycles. The Labute approximate surface area is 129 Å². The van der Waals surface area contributed by atoms with Gasteiger partial charge in [0, 0.05) is 4.90 Å². The molecular formula is C16H20N2O2S. The molecule has 0 spiro atoms. The molecule has 112 valence electrons. The largest absolute Gasteiger partial charge is 0.455 e. The molecule has 0 aliphatic rings. The quantitative estimate of drug-likeness (QED) is 0.393. The molecule has 0 saturated heterocycles. The molecule has 0 unspecified atom stereocenters. The second kappa shape index (κ2) is 6.37. The molecule has 0 fully saturated rings. The number of nitrogens with two attached hydrogens (primary N) is 1. The monoisotopic (exact) mass is 304 g/mol. The topological polar surface area (TPSA) is 68.3 Å². The number of amides is 1. The average Bonchev–Trinajstić information content (AvgIpc) is 2.92. The van der Waals surface area contributed by atoms with E-state index in [9.17, 15) is 4.79 Å². The van der Waals surface area contributed by atoms with E-state index >= 15 is 0 Å². The lowest BCUT2D eigenvalue weighted by atomic mass is 9.87. The fraction of sp³-hybridized carbons (Fsp3) is 0.312. The summed E-state index contributed by atoms with van der Waals surface area (Å²) in [7, 11) is 0. The van der Waals surface area contributed by atoms with E-state index in [1.54, 1.807) is 23.9 Å². The summed E-state index contributed by atoms with van der Waals surface area (Å²) >= 11 is 1.67. The first kappa shape index (κ1) is 15.7. The summed E-state index contributed by atoms with van der Waals surface area (Å²) in [6.45, 7) is 6.59.